The zero-order valence-corrected chi connectivity index (χ0v) is 18.6. The van der Waals surface area contributed by atoms with Crippen LogP contribution in [-0.2, 0) is 6.54 Å². The molecule has 2 fully saturated rings. The molecule has 1 saturated carbocycles. The quantitative estimate of drug-likeness (QED) is 0.655. The molecule has 0 spiro atoms. The molecule has 2 heterocycles. The average Bonchev–Trinajstić information content (AvgIpc) is 3.51. The summed E-state index contributed by atoms with van der Waals surface area (Å²) in [6.45, 7) is 1.23. The Hall–Kier alpha value is -3.44. The van der Waals surface area contributed by atoms with E-state index in [1.54, 1.807) is 24.1 Å². The molecule has 1 aliphatic heterocycles. The van der Waals surface area contributed by atoms with E-state index in [9.17, 15) is 22.8 Å². The minimum atomic E-state index is -4.79. The fourth-order valence-corrected chi connectivity index (χ4v) is 4.14. The largest absolute Gasteiger partial charge is 0.573 e. The molecule has 1 atom stereocenters. The van der Waals surface area contributed by atoms with Crippen molar-refractivity contribution in [3.05, 3.63) is 36.0 Å². The van der Waals surface area contributed by atoms with Crippen LogP contribution in [0.2, 0.25) is 0 Å². The van der Waals surface area contributed by atoms with Gasteiger partial charge in [0.15, 0.2) is 5.76 Å². The fourth-order valence-electron chi connectivity index (χ4n) is 4.14. The van der Waals surface area contributed by atoms with Crippen LogP contribution < -0.4 is 15.4 Å². The third-order valence-corrected chi connectivity index (χ3v) is 5.80. The molecule has 12 heteroatoms. The first-order valence-electron chi connectivity index (χ1n) is 11.1. The predicted molar refractivity (Wildman–Crippen MR) is 115 cm³/mol. The number of nitrogens with one attached hydrogen (secondary N) is 2. The van der Waals surface area contributed by atoms with Gasteiger partial charge in [0.05, 0.1) is 12.6 Å². The molecule has 0 radical (unpaired) electrons. The third-order valence-electron chi connectivity index (χ3n) is 5.80. The molecule has 1 aromatic heterocycles. The normalized spacial score (nSPS) is 18.4. The molecule has 1 aromatic carbocycles. The number of piperidine rings is 1. The van der Waals surface area contributed by atoms with Crippen LogP contribution >= 0.6 is 0 Å². The molecule has 2 aliphatic rings. The lowest BCUT2D eigenvalue weighted by molar-refractivity contribution is -0.274. The van der Waals surface area contributed by atoms with Crippen molar-refractivity contribution < 1.29 is 32.0 Å². The van der Waals surface area contributed by atoms with Gasteiger partial charge in [0.1, 0.15) is 11.4 Å². The summed E-state index contributed by atoms with van der Waals surface area (Å²) < 4.78 is 46.6. The second kappa shape index (κ2) is 9.82. The lowest BCUT2D eigenvalue weighted by Crippen LogP contribution is -2.56. The van der Waals surface area contributed by atoms with Crippen molar-refractivity contribution in [2.75, 3.05) is 20.1 Å². The van der Waals surface area contributed by atoms with Crippen LogP contribution in [0, 0.1) is 0 Å². The van der Waals surface area contributed by atoms with Crippen LogP contribution in [0.5, 0.6) is 5.75 Å². The first kappa shape index (κ1) is 23.7. The molecule has 184 valence electrons. The summed E-state index contributed by atoms with van der Waals surface area (Å²) in [6.07, 6.45) is -1.30. The Labute approximate surface area is 194 Å². The summed E-state index contributed by atoms with van der Waals surface area (Å²) in [4.78, 5) is 28.6. The second-order valence-electron chi connectivity index (χ2n) is 8.35. The lowest BCUT2D eigenvalue weighted by Gasteiger charge is -2.39. The van der Waals surface area contributed by atoms with Crippen molar-refractivity contribution in [3.8, 4) is 17.1 Å². The van der Waals surface area contributed by atoms with Gasteiger partial charge >= 0.3 is 18.4 Å². The number of carbonyl (C=O) groups excluding carboxylic acids is 2. The predicted octanol–water partition coefficient (Wildman–Crippen LogP) is 3.72. The number of likely N-dealkylation sites (tertiary alicyclic amines) is 1. The minimum Gasteiger partial charge on any atom is -0.406 e. The first-order chi connectivity index (χ1) is 16.2. The van der Waals surface area contributed by atoms with Gasteiger partial charge in [-0.15, -0.1) is 13.2 Å². The van der Waals surface area contributed by atoms with Gasteiger partial charge in [-0.25, -0.2) is 9.59 Å². The number of halogens is 3. The smallest absolute Gasteiger partial charge is 0.406 e. The van der Waals surface area contributed by atoms with Crippen molar-refractivity contribution in [1.82, 2.24) is 25.6 Å². The zero-order valence-electron chi connectivity index (χ0n) is 18.6. The monoisotopic (exact) mass is 481 g/mol. The molecule has 4 rings (SSSR count). The van der Waals surface area contributed by atoms with Gasteiger partial charge in [-0.05, 0) is 37.8 Å². The average molecular weight is 481 g/mol. The summed E-state index contributed by atoms with van der Waals surface area (Å²) in [5.74, 6) is -0.112. The molecule has 1 aliphatic carbocycles. The number of nitrogens with zero attached hydrogens (tertiary/aromatic N) is 3. The maximum absolute atomic E-state index is 13.0. The Bertz CT molecular complexity index is 1020. The number of urea groups is 2. The second-order valence-corrected chi connectivity index (χ2v) is 8.35. The van der Waals surface area contributed by atoms with E-state index in [1.807, 2.05) is 4.90 Å². The van der Waals surface area contributed by atoms with Crippen LogP contribution in [0.4, 0.5) is 22.8 Å². The van der Waals surface area contributed by atoms with E-state index >= 15 is 0 Å². The van der Waals surface area contributed by atoms with E-state index in [0.717, 1.165) is 25.7 Å². The van der Waals surface area contributed by atoms with E-state index in [4.69, 9.17) is 4.52 Å². The van der Waals surface area contributed by atoms with E-state index in [-0.39, 0.29) is 42.2 Å². The van der Waals surface area contributed by atoms with Crippen molar-refractivity contribution in [1.29, 1.82) is 0 Å². The molecular formula is C22H26F3N5O4. The van der Waals surface area contributed by atoms with Crippen molar-refractivity contribution in [3.63, 3.8) is 0 Å². The Morgan fingerprint density at radius 3 is 2.74 bits per heavy atom. The Morgan fingerprint density at radius 2 is 2.03 bits per heavy atom. The van der Waals surface area contributed by atoms with Gasteiger partial charge in [-0.1, -0.05) is 17.3 Å². The van der Waals surface area contributed by atoms with Gasteiger partial charge in [-0.2, -0.15) is 0 Å². The molecule has 0 unspecified atom stereocenters. The maximum atomic E-state index is 13.0. The molecule has 2 aromatic rings. The van der Waals surface area contributed by atoms with Crippen LogP contribution in [-0.4, -0.2) is 65.6 Å². The SMILES string of the molecule is CNC(=O)N1CCC[C@@H](N(C(=O)NCc2cc(-c3cccc(OC(F)(F)F)c3)on2)C2CC2)C1. The van der Waals surface area contributed by atoms with Crippen LogP contribution in [0.1, 0.15) is 31.4 Å². The van der Waals surface area contributed by atoms with Gasteiger partial charge in [0.2, 0.25) is 0 Å². The number of benzene rings is 1. The Morgan fingerprint density at radius 1 is 1.24 bits per heavy atom. The molecule has 4 amide bonds. The molecule has 0 bridgehead atoms. The summed E-state index contributed by atoms with van der Waals surface area (Å²) in [5, 5.41) is 9.40. The highest BCUT2D eigenvalue weighted by Crippen LogP contribution is 2.32. The summed E-state index contributed by atoms with van der Waals surface area (Å²) in [7, 11) is 1.59. The highest BCUT2D eigenvalue weighted by atomic mass is 19.4. The highest BCUT2D eigenvalue weighted by Gasteiger charge is 2.39. The van der Waals surface area contributed by atoms with Crippen molar-refractivity contribution in [2.24, 2.45) is 0 Å². The van der Waals surface area contributed by atoms with Crippen LogP contribution in [0.3, 0.4) is 0 Å². The summed E-state index contributed by atoms with van der Waals surface area (Å²) in [6, 6.07) is 6.63. The van der Waals surface area contributed by atoms with Crippen LogP contribution in [0.15, 0.2) is 34.9 Å². The lowest BCUT2D eigenvalue weighted by atomic mass is 10.0. The number of rotatable bonds is 6. The summed E-state index contributed by atoms with van der Waals surface area (Å²) in [5.41, 5.74) is 0.791. The number of ether oxygens (including phenoxy) is 1. The fraction of sp³-hybridized carbons (Fsp3) is 0.500. The first-order valence-corrected chi connectivity index (χ1v) is 11.1. The number of carbonyl (C=O) groups is 2. The molecular weight excluding hydrogens is 455 g/mol. The number of hydrogen-bond acceptors (Lipinski definition) is 5. The number of aromatic nitrogens is 1. The van der Waals surface area contributed by atoms with E-state index in [0.29, 0.717) is 24.3 Å². The molecule has 2 N–H and O–H groups in total. The molecule has 9 nitrogen and oxygen atoms in total. The number of amides is 4. The van der Waals surface area contributed by atoms with Gasteiger partial charge < -0.3 is 29.7 Å². The van der Waals surface area contributed by atoms with E-state index in [2.05, 4.69) is 20.5 Å². The van der Waals surface area contributed by atoms with Crippen molar-refractivity contribution in [2.45, 2.75) is 50.7 Å². The number of hydrogen-bond donors (Lipinski definition) is 2. The Balaban J connectivity index is 1.37. The maximum Gasteiger partial charge on any atom is 0.573 e. The zero-order chi connectivity index (χ0) is 24.3. The van der Waals surface area contributed by atoms with Gasteiger partial charge in [-0.3, -0.25) is 0 Å². The number of alkyl halides is 3. The standard InChI is InChI=1S/C22H26F3N5O4/c1-26-20(31)29-9-3-5-17(13-29)30(16-7-8-16)21(32)27-12-15-11-19(34-28-15)14-4-2-6-18(10-14)33-22(23,24)25/h2,4,6,10-11,16-17H,3,5,7-9,12-13H2,1H3,(H,26,31)(H,27,32)/t17-/m1/s1. The Kier molecular flexibility index (Phi) is 6.85. The third kappa shape index (κ3) is 5.91. The van der Waals surface area contributed by atoms with Crippen LogP contribution in [0.25, 0.3) is 11.3 Å². The van der Waals surface area contributed by atoms with Crippen molar-refractivity contribution >= 4 is 12.1 Å². The molecule has 1 saturated heterocycles. The molecule has 34 heavy (non-hydrogen) atoms. The topological polar surface area (TPSA) is 99.9 Å². The summed E-state index contributed by atoms with van der Waals surface area (Å²) >= 11 is 0. The van der Waals surface area contributed by atoms with E-state index < -0.39 is 6.36 Å². The van der Waals surface area contributed by atoms with Gasteiger partial charge in [0, 0.05) is 37.8 Å². The van der Waals surface area contributed by atoms with Gasteiger partial charge in [0.25, 0.3) is 0 Å². The minimum absolute atomic E-state index is 0.0669. The highest BCUT2D eigenvalue weighted by molar-refractivity contribution is 5.76. The van der Waals surface area contributed by atoms with E-state index in [1.165, 1.54) is 18.2 Å².